The van der Waals surface area contributed by atoms with Crippen molar-refractivity contribution in [2.45, 2.75) is 32.2 Å². The number of carbonyl (C=O) groups excluding carboxylic acids is 1. The van der Waals surface area contributed by atoms with Crippen LogP contribution in [0.3, 0.4) is 0 Å². The highest BCUT2D eigenvalue weighted by Gasteiger charge is 2.23. The number of amides is 1. The van der Waals surface area contributed by atoms with Crippen LogP contribution in [0.25, 0.3) is 0 Å². The summed E-state index contributed by atoms with van der Waals surface area (Å²) in [5, 5.41) is 13.9. The van der Waals surface area contributed by atoms with Gasteiger partial charge in [-0.1, -0.05) is 6.07 Å². The van der Waals surface area contributed by atoms with E-state index in [-0.39, 0.29) is 17.6 Å². The molecule has 1 atom stereocenters. The van der Waals surface area contributed by atoms with Crippen molar-refractivity contribution >= 4 is 17.3 Å². The molecule has 1 aliphatic carbocycles. The predicted octanol–water partition coefficient (Wildman–Crippen LogP) is 3.29. The minimum Gasteiger partial charge on any atom is -0.399 e. The number of nitro groups is 1. The fraction of sp³-hybridized carbons (Fsp3) is 0.278. The Kier molecular flexibility index (Phi) is 4.20. The normalized spacial score (nSPS) is 16.3. The van der Waals surface area contributed by atoms with Gasteiger partial charge in [-0.2, -0.15) is 0 Å². The number of hydrogen-bond donors (Lipinski definition) is 2. The van der Waals surface area contributed by atoms with Crippen LogP contribution in [-0.2, 0) is 6.42 Å². The summed E-state index contributed by atoms with van der Waals surface area (Å²) in [7, 11) is 0. The first kappa shape index (κ1) is 16.0. The lowest BCUT2D eigenvalue weighted by atomic mass is 9.87. The van der Waals surface area contributed by atoms with Gasteiger partial charge in [0.05, 0.1) is 11.0 Å². The van der Waals surface area contributed by atoms with Gasteiger partial charge in [-0.05, 0) is 61.6 Å². The molecule has 0 heterocycles. The minimum atomic E-state index is -0.446. The first-order valence-corrected chi connectivity index (χ1v) is 7.90. The number of benzene rings is 2. The third-order valence-electron chi connectivity index (χ3n) is 4.44. The van der Waals surface area contributed by atoms with Gasteiger partial charge in [0.1, 0.15) is 0 Å². The largest absolute Gasteiger partial charge is 0.399 e. The zero-order valence-corrected chi connectivity index (χ0v) is 13.4. The first-order chi connectivity index (χ1) is 11.5. The second kappa shape index (κ2) is 6.31. The predicted molar refractivity (Wildman–Crippen MR) is 91.8 cm³/mol. The average Bonchev–Trinajstić information content (AvgIpc) is 2.54. The molecule has 0 fully saturated rings. The Labute approximate surface area is 139 Å². The van der Waals surface area contributed by atoms with Crippen molar-refractivity contribution in [2.24, 2.45) is 0 Å². The number of nitrogens with zero attached hydrogens (tertiary/aromatic N) is 1. The van der Waals surface area contributed by atoms with E-state index in [2.05, 4.69) is 5.32 Å². The standard InChI is InChI=1S/C18H19N3O3/c1-11-9-13(5-8-17(11)21(23)24)18(22)20-16-4-2-3-12-10-14(19)6-7-15(12)16/h5-10,16H,2-4,19H2,1H3,(H,20,22). The summed E-state index contributed by atoms with van der Waals surface area (Å²) in [4.78, 5) is 23.0. The van der Waals surface area contributed by atoms with E-state index in [4.69, 9.17) is 5.73 Å². The van der Waals surface area contributed by atoms with E-state index in [1.807, 2.05) is 18.2 Å². The fourth-order valence-corrected chi connectivity index (χ4v) is 3.23. The lowest BCUT2D eigenvalue weighted by Crippen LogP contribution is -2.31. The molecule has 0 saturated carbocycles. The SMILES string of the molecule is Cc1cc(C(=O)NC2CCCc3cc(N)ccc32)ccc1[N+](=O)[O-]. The van der Waals surface area contributed by atoms with Crippen LogP contribution in [0.15, 0.2) is 36.4 Å². The van der Waals surface area contributed by atoms with Gasteiger partial charge < -0.3 is 11.1 Å². The van der Waals surface area contributed by atoms with Gasteiger partial charge in [0.25, 0.3) is 11.6 Å². The van der Waals surface area contributed by atoms with E-state index in [0.717, 1.165) is 30.5 Å². The topological polar surface area (TPSA) is 98.3 Å². The van der Waals surface area contributed by atoms with Crippen LogP contribution >= 0.6 is 0 Å². The molecule has 1 amide bonds. The van der Waals surface area contributed by atoms with Crippen molar-refractivity contribution in [1.82, 2.24) is 5.32 Å². The van der Waals surface area contributed by atoms with Crippen molar-refractivity contribution in [3.63, 3.8) is 0 Å². The molecule has 0 aliphatic heterocycles. The van der Waals surface area contributed by atoms with Crippen LogP contribution in [0.4, 0.5) is 11.4 Å². The van der Waals surface area contributed by atoms with Gasteiger partial charge in [-0.25, -0.2) is 0 Å². The summed E-state index contributed by atoms with van der Waals surface area (Å²) in [5.74, 6) is -0.220. The van der Waals surface area contributed by atoms with Crippen LogP contribution in [-0.4, -0.2) is 10.8 Å². The first-order valence-electron chi connectivity index (χ1n) is 7.90. The quantitative estimate of drug-likeness (QED) is 0.514. The summed E-state index contributed by atoms with van der Waals surface area (Å²) >= 11 is 0. The molecule has 3 N–H and O–H groups in total. The number of anilines is 1. The van der Waals surface area contributed by atoms with Gasteiger partial charge in [-0.3, -0.25) is 14.9 Å². The molecule has 0 aromatic heterocycles. The molecule has 2 aromatic carbocycles. The third kappa shape index (κ3) is 3.08. The van der Waals surface area contributed by atoms with E-state index in [0.29, 0.717) is 11.1 Å². The lowest BCUT2D eigenvalue weighted by Gasteiger charge is -2.26. The van der Waals surface area contributed by atoms with Gasteiger partial charge in [0.15, 0.2) is 0 Å². The van der Waals surface area contributed by atoms with Crippen molar-refractivity contribution in [1.29, 1.82) is 0 Å². The maximum atomic E-state index is 12.5. The Hall–Kier alpha value is -2.89. The number of nitrogen functional groups attached to an aromatic ring is 1. The Morgan fingerprint density at radius 3 is 2.79 bits per heavy atom. The van der Waals surface area contributed by atoms with Gasteiger partial charge in [0.2, 0.25) is 0 Å². The second-order valence-electron chi connectivity index (χ2n) is 6.13. The number of nitrogens with two attached hydrogens (primary N) is 1. The average molecular weight is 325 g/mol. The van der Waals surface area contributed by atoms with E-state index < -0.39 is 4.92 Å². The van der Waals surface area contributed by atoms with Crippen LogP contribution in [0, 0.1) is 17.0 Å². The molecule has 0 bridgehead atoms. The molecule has 124 valence electrons. The molecule has 6 nitrogen and oxygen atoms in total. The molecule has 1 aliphatic rings. The van der Waals surface area contributed by atoms with Gasteiger partial charge in [-0.15, -0.1) is 0 Å². The minimum absolute atomic E-state index is 0.0186. The van der Waals surface area contributed by atoms with Crippen LogP contribution < -0.4 is 11.1 Å². The molecule has 3 rings (SSSR count). The number of nitrogens with one attached hydrogen (secondary N) is 1. The molecular weight excluding hydrogens is 306 g/mol. The molecule has 24 heavy (non-hydrogen) atoms. The highest BCUT2D eigenvalue weighted by atomic mass is 16.6. The van der Waals surface area contributed by atoms with Gasteiger partial charge >= 0.3 is 0 Å². The van der Waals surface area contributed by atoms with E-state index in [9.17, 15) is 14.9 Å². The Balaban J connectivity index is 1.81. The van der Waals surface area contributed by atoms with Crippen LogP contribution in [0.1, 0.15) is 45.9 Å². The monoisotopic (exact) mass is 325 g/mol. The molecule has 0 saturated heterocycles. The van der Waals surface area contributed by atoms with Crippen molar-refractivity contribution in [2.75, 3.05) is 5.73 Å². The summed E-state index contributed by atoms with van der Waals surface area (Å²) in [6.45, 7) is 1.63. The number of fused-ring (bicyclic) bond motifs is 1. The lowest BCUT2D eigenvalue weighted by molar-refractivity contribution is -0.385. The smallest absolute Gasteiger partial charge is 0.272 e. The van der Waals surface area contributed by atoms with Crippen molar-refractivity contribution in [3.8, 4) is 0 Å². The number of hydrogen-bond acceptors (Lipinski definition) is 4. The molecule has 6 heteroatoms. The summed E-state index contributed by atoms with van der Waals surface area (Å²) in [6, 6.07) is 10.1. The summed E-state index contributed by atoms with van der Waals surface area (Å²) in [5.41, 5.74) is 9.76. The van der Waals surface area contributed by atoms with E-state index >= 15 is 0 Å². The third-order valence-corrected chi connectivity index (χ3v) is 4.44. The Morgan fingerprint density at radius 2 is 2.08 bits per heavy atom. The van der Waals surface area contributed by atoms with Crippen LogP contribution in [0.2, 0.25) is 0 Å². The van der Waals surface area contributed by atoms with Gasteiger partial charge in [0, 0.05) is 22.9 Å². The van der Waals surface area contributed by atoms with Crippen LogP contribution in [0.5, 0.6) is 0 Å². The number of nitro benzene ring substituents is 1. The van der Waals surface area contributed by atoms with E-state index in [1.54, 1.807) is 13.0 Å². The molecule has 2 aromatic rings. The van der Waals surface area contributed by atoms with Crippen molar-refractivity contribution < 1.29 is 9.72 Å². The van der Waals surface area contributed by atoms with E-state index in [1.165, 1.54) is 17.7 Å². The number of aryl methyl sites for hydroxylation is 2. The summed E-state index contributed by atoms with van der Waals surface area (Å²) in [6.07, 6.45) is 2.82. The molecule has 0 spiro atoms. The zero-order valence-electron chi connectivity index (χ0n) is 13.4. The fourth-order valence-electron chi connectivity index (χ4n) is 3.23. The summed E-state index contributed by atoms with van der Waals surface area (Å²) < 4.78 is 0. The Bertz CT molecular complexity index is 817. The molecular formula is C18H19N3O3. The zero-order chi connectivity index (χ0) is 17.3. The second-order valence-corrected chi connectivity index (χ2v) is 6.13. The number of carbonyl (C=O) groups is 1. The molecule has 1 unspecified atom stereocenters. The maximum absolute atomic E-state index is 12.5. The highest BCUT2D eigenvalue weighted by Crippen LogP contribution is 2.31. The highest BCUT2D eigenvalue weighted by molar-refractivity contribution is 5.95. The number of rotatable bonds is 3. The molecule has 0 radical (unpaired) electrons. The maximum Gasteiger partial charge on any atom is 0.272 e. The Morgan fingerprint density at radius 1 is 1.29 bits per heavy atom. The van der Waals surface area contributed by atoms with Crippen molar-refractivity contribution in [3.05, 3.63) is 68.8 Å².